The van der Waals surface area contributed by atoms with Gasteiger partial charge in [-0.25, -0.2) is 12.8 Å². The number of hydrogen-bond donors (Lipinski definition) is 1. The Balaban J connectivity index is 1.68. The Morgan fingerprint density at radius 3 is 2.42 bits per heavy atom. The van der Waals surface area contributed by atoms with E-state index < -0.39 is 21.3 Å². The third-order valence-electron chi connectivity index (χ3n) is 5.89. The van der Waals surface area contributed by atoms with Crippen LogP contribution in [0.4, 0.5) is 4.39 Å². The summed E-state index contributed by atoms with van der Waals surface area (Å²) in [6, 6.07) is 14.6. The molecule has 0 amide bonds. The summed E-state index contributed by atoms with van der Waals surface area (Å²) in [5, 5.41) is 10.2. The Labute approximate surface area is 153 Å². The van der Waals surface area contributed by atoms with E-state index in [0.29, 0.717) is 12.8 Å². The molecule has 2 aliphatic heterocycles. The van der Waals surface area contributed by atoms with Crippen molar-refractivity contribution in [1.29, 1.82) is 0 Å². The maximum Gasteiger partial charge on any atom is 0.243 e. The van der Waals surface area contributed by atoms with E-state index in [1.165, 1.54) is 24.3 Å². The van der Waals surface area contributed by atoms with Crippen molar-refractivity contribution in [3.63, 3.8) is 0 Å². The summed E-state index contributed by atoms with van der Waals surface area (Å²) < 4.78 is 41.1. The van der Waals surface area contributed by atoms with Crippen LogP contribution in [0.5, 0.6) is 0 Å². The maximum absolute atomic E-state index is 13.2. The van der Waals surface area contributed by atoms with Crippen LogP contribution in [-0.2, 0) is 16.4 Å². The smallest absolute Gasteiger partial charge is 0.243 e. The maximum atomic E-state index is 13.2. The predicted octanol–water partition coefficient (Wildman–Crippen LogP) is 2.97. The predicted molar refractivity (Wildman–Crippen MR) is 96.5 cm³/mol. The first-order valence-electron chi connectivity index (χ1n) is 8.90. The fourth-order valence-electron chi connectivity index (χ4n) is 4.74. The molecule has 4 rings (SSSR count). The van der Waals surface area contributed by atoms with Crippen LogP contribution < -0.4 is 0 Å². The van der Waals surface area contributed by atoms with Crippen molar-refractivity contribution in [3.8, 4) is 0 Å². The van der Waals surface area contributed by atoms with Gasteiger partial charge in [0.25, 0.3) is 0 Å². The first-order chi connectivity index (χ1) is 12.5. The van der Waals surface area contributed by atoms with Crippen LogP contribution in [0.25, 0.3) is 0 Å². The van der Waals surface area contributed by atoms with Crippen molar-refractivity contribution in [2.45, 2.75) is 42.7 Å². The van der Waals surface area contributed by atoms with Crippen LogP contribution in [-0.4, -0.2) is 36.5 Å². The van der Waals surface area contributed by atoms with Gasteiger partial charge in [-0.05, 0) is 55.5 Å². The molecule has 4 nitrogen and oxygen atoms in total. The van der Waals surface area contributed by atoms with Gasteiger partial charge in [-0.15, -0.1) is 0 Å². The molecular formula is C20H22FNO3S. The van der Waals surface area contributed by atoms with E-state index in [0.717, 1.165) is 18.4 Å². The number of rotatable bonds is 5. The van der Waals surface area contributed by atoms with Gasteiger partial charge < -0.3 is 5.11 Å². The molecule has 0 unspecified atom stereocenters. The van der Waals surface area contributed by atoms with Gasteiger partial charge in [-0.3, -0.25) is 0 Å². The van der Waals surface area contributed by atoms with E-state index in [1.54, 1.807) is 4.31 Å². The largest absolute Gasteiger partial charge is 0.396 e. The molecule has 2 saturated heterocycles. The summed E-state index contributed by atoms with van der Waals surface area (Å²) in [7, 11) is -3.71. The number of hydrogen-bond acceptors (Lipinski definition) is 3. The minimum Gasteiger partial charge on any atom is -0.396 e. The number of aliphatic hydroxyl groups is 1. The zero-order chi connectivity index (χ0) is 18.4. The van der Waals surface area contributed by atoms with Crippen LogP contribution in [0.3, 0.4) is 0 Å². The lowest BCUT2D eigenvalue weighted by Gasteiger charge is -2.36. The second-order valence-electron chi connectivity index (χ2n) is 7.42. The number of sulfonamides is 1. The first-order valence-corrected chi connectivity index (χ1v) is 10.3. The highest BCUT2D eigenvalue weighted by atomic mass is 32.2. The molecule has 6 heteroatoms. The Bertz CT molecular complexity index is 885. The molecule has 0 spiro atoms. The molecule has 0 aliphatic carbocycles. The number of fused-ring (bicyclic) bond motifs is 2. The van der Waals surface area contributed by atoms with Gasteiger partial charge >= 0.3 is 0 Å². The number of benzene rings is 2. The second-order valence-corrected chi connectivity index (χ2v) is 9.27. The van der Waals surface area contributed by atoms with Gasteiger partial charge in [0.15, 0.2) is 0 Å². The van der Waals surface area contributed by atoms with Crippen molar-refractivity contribution >= 4 is 10.0 Å². The molecule has 3 atom stereocenters. The summed E-state index contributed by atoms with van der Waals surface area (Å²) in [6.45, 7) is -0.0432. The molecule has 2 aliphatic rings. The zero-order valence-corrected chi connectivity index (χ0v) is 15.2. The SMILES string of the molecule is O=S(=O)(c1ccc(F)cc1)N1[C@H]2CC[C@@H]1[C@@](CO)(Cc1ccccc1)C2. The quantitative estimate of drug-likeness (QED) is 0.874. The molecule has 2 bridgehead atoms. The van der Waals surface area contributed by atoms with Gasteiger partial charge in [0.05, 0.1) is 11.5 Å². The molecule has 138 valence electrons. The van der Waals surface area contributed by atoms with Gasteiger partial charge in [0.2, 0.25) is 10.0 Å². The Kier molecular flexibility index (Phi) is 4.37. The van der Waals surface area contributed by atoms with Crippen molar-refractivity contribution in [3.05, 3.63) is 66.0 Å². The third kappa shape index (κ3) is 2.76. The van der Waals surface area contributed by atoms with Crippen molar-refractivity contribution in [1.82, 2.24) is 4.31 Å². The van der Waals surface area contributed by atoms with Gasteiger partial charge in [-0.1, -0.05) is 30.3 Å². The Hall–Kier alpha value is -1.76. The summed E-state index contributed by atoms with van der Waals surface area (Å²) in [5.74, 6) is -0.456. The number of halogens is 1. The van der Waals surface area contributed by atoms with Crippen LogP contribution >= 0.6 is 0 Å². The molecule has 2 aromatic rings. The lowest BCUT2D eigenvalue weighted by molar-refractivity contribution is 0.0889. The van der Waals surface area contributed by atoms with Crippen molar-refractivity contribution in [2.24, 2.45) is 5.41 Å². The summed E-state index contributed by atoms with van der Waals surface area (Å²) >= 11 is 0. The summed E-state index contributed by atoms with van der Waals surface area (Å²) in [5.41, 5.74) is 0.644. The summed E-state index contributed by atoms with van der Waals surface area (Å²) in [4.78, 5) is 0.115. The Morgan fingerprint density at radius 1 is 1.08 bits per heavy atom. The number of aliphatic hydroxyl groups excluding tert-OH is 1. The third-order valence-corrected chi connectivity index (χ3v) is 7.87. The fraction of sp³-hybridized carbons (Fsp3) is 0.400. The van der Waals surface area contributed by atoms with E-state index in [9.17, 15) is 17.9 Å². The average molecular weight is 375 g/mol. The minimum absolute atomic E-state index is 0.0432. The van der Waals surface area contributed by atoms with E-state index in [1.807, 2.05) is 30.3 Å². The normalized spacial score (nSPS) is 28.5. The van der Waals surface area contributed by atoms with Crippen LogP contribution in [0, 0.1) is 11.2 Å². The zero-order valence-electron chi connectivity index (χ0n) is 14.4. The van der Waals surface area contributed by atoms with E-state index in [2.05, 4.69) is 0 Å². The lowest BCUT2D eigenvalue weighted by atomic mass is 9.70. The molecule has 1 N–H and O–H groups in total. The first kappa shape index (κ1) is 17.6. The summed E-state index contributed by atoms with van der Waals surface area (Å²) in [6.07, 6.45) is 2.87. The van der Waals surface area contributed by atoms with Crippen molar-refractivity contribution < 1.29 is 17.9 Å². The Morgan fingerprint density at radius 2 is 1.77 bits per heavy atom. The highest BCUT2D eigenvalue weighted by molar-refractivity contribution is 7.89. The topological polar surface area (TPSA) is 57.6 Å². The molecule has 2 fully saturated rings. The highest BCUT2D eigenvalue weighted by Crippen LogP contribution is 2.53. The highest BCUT2D eigenvalue weighted by Gasteiger charge is 2.59. The minimum atomic E-state index is -3.71. The van der Waals surface area contributed by atoms with Gasteiger partial charge in [-0.2, -0.15) is 4.31 Å². The monoisotopic (exact) mass is 375 g/mol. The second kappa shape index (κ2) is 6.44. The van der Waals surface area contributed by atoms with Crippen LogP contribution in [0.15, 0.2) is 59.5 Å². The molecule has 2 heterocycles. The molecule has 26 heavy (non-hydrogen) atoms. The van der Waals surface area contributed by atoms with E-state index in [-0.39, 0.29) is 23.6 Å². The van der Waals surface area contributed by atoms with Crippen LogP contribution in [0.2, 0.25) is 0 Å². The van der Waals surface area contributed by atoms with E-state index >= 15 is 0 Å². The standard InChI is InChI=1S/C20H22FNO3S/c21-16-6-9-18(10-7-16)26(24,25)22-17-8-11-19(22)20(13-17,14-23)12-15-4-2-1-3-5-15/h1-7,9-10,17,19,23H,8,11-14H2/t17-,19+,20-/m0/s1. The van der Waals surface area contributed by atoms with Gasteiger partial charge in [0, 0.05) is 17.5 Å². The van der Waals surface area contributed by atoms with E-state index in [4.69, 9.17) is 0 Å². The van der Waals surface area contributed by atoms with Crippen molar-refractivity contribution in [2.75, 3.05) is 6.61 Å². The molecule has 0 radical (unpaired) electrons. The molecule has 0 aromatic heterocycles. The molecule has 2 aromatic carbocycles. The molecular weight excluding hydrogens is 353 g/mol. The molecule has 0 saturated carbocycles. The fourth-order valence-corrected chi connectivity index (χ4v) is 6.70. The lowest BCUT2D eigenvalue weighted by Crippen LogP contribution is -2.43. The van der Waals surface area contributed by atoms with Crippen LogP contribution in [0.1, 0.15) is 24.8 Å². The van der Waals surface area contributed by atoms with Gasteiger partial charge in [0.1, 0.15) is 5.82 Å². The number of nitrogens with zero attached hydrogens (tertiary/aromatic N) is 1. The average Bonchev–Trinajstić information content (AvgIpc) is 3.20.